The van der Waals surface area contributed by atoms with Gasteiger partial charge in [0.15, 0.2) is 0 Å². The van der Waals surface area contributed by atoms with Gasteiger partial charge in [0.2, 0.25) is 0 Å². The number of rotatable bonds is 4. The molecule has 3 heteroatoms. The van der Waals surface area contributed by atoms with Crippen LogP contribution in [0.1, 0.15) is 18.9 Å². The summed E-state index contributed by atoms with van der Waals surface area (Å²) < 4.78 is 5.25. The number of hydrogen-bond acceptors (Lipinski definition) is 3. The maximum absolute atomic E-state index is 9.24. The fourth-order valence-electron chi connectivity index (χ4n) is 2.71. The lowest BCUT2D eigenvalue weighted by Gasteiger charge is -2.23. The van der Waals surface area contributed by atoms with Crippen LogP contribution in [-0.2, 0) is 11.2 Å². The van der Waals surface area contributed by atoms with Gasteiger partial charge in [-0.15, -0.1) is 0 Å². The highest BCUT2D eigenvalue weighted by Crippen LogP contribution is 2.27. The molecule has 0 aliphatic carbocycles. The molecule has 0 radical (unpaired) electrons. The van der Waals surface area contributed by atoms with Gasteiger partial charge in [0, 0.05) is 12.6 Å². The van der Waals surface area contributed by atoms with E-state index in [4.69, 9.17) is 4.74 Å². The number of nitrogens with one attached hydrogen (secondary N) is 1. The number of methoxy groups -OCH3 is 1. The van der Waals surface area contributed by atoms with Gasteiger partial charge >= 0.3 is 0 Å². The summed E-state index contributed by atoms with van der Waals surface area (Å²) in [6.45, 7) is 4.02. The van der Waals surface area contributed by atoms with Crippen LogP contribution in [0.25, 0.3) is 0 Å². The molecule has 0 amide bonds. The Kier molecular flexibility index (Phi) is 3.69. The van der Waals surface area contributed by atoms with Crippen LogP contribution in [0.3, 0.4) is 0 Å². The van der Waals surface area contributed by atoms with E-state index in [9.17, 15) is 5.11 Å². The molecule has 0 spiro atoms. The van der Waals surface area contributed by atoms with E-state index >= 15 is 0 Å². The van der Waals surface area contributed by atoms with Gasteiger partial charge in [0.25, 0.3) is 0 Å². The standard InChI is InChI=1S/C14H21NO2/c1-14(10-17-2)8-12(9-15-14)7-11-3-5-13(16)6-4-11/h3-6,12,15-16H,7-10H2,1-2H3. The van der Waals surface area contributed by atoms with Crippen molar-refractivity contribution in [2.24, 2.45) is 5.92 Å². The van der Waals surface area contributed by atoms with Crippen LogP contribution >= 0.6 is 0 Å². The number of ether oxygens (including phenoxy) is 1. The van der Waals surface area contributed by atoms with Crippen molar-refractivity contribution in [2.75, 3.05) is 20.3 Å². The molecule has 1 aliphatic heterocycles. The molecule has 1 heterocycles. The summed E-state index contributed by atoms with van der Waals surface area (Å²) in [6, 6.07) is 7.51. The molecule has 0 saturated carbocycles. The summed E-state index contributed by atoms with van der Waals surface area (Å²) in [7, 11) is 1.75. The molecule has 0 aromatic heterocycles. The molecule has 2 N–H and O–H groups in total. The van der Waals surface area contributed by atoms with Gasteiger partial charge in [-0.2, -0.15) is 0 Å². The SMILES string of the molecule is COCC1(C)CC(Cc2ccc(O)cc2)CN1. The van der Waals surface area contributed by atoms with Gasteiger partial charge in [-0.05, 0) is 49.9 Å². The molecular formula is C14H21NO2. The minimum atomic E-state index is 0.121. The lowest BCUT2D eigenvalue weighted by Crippen LogP contribution is -2.40. The van der Waals surface area contributed by atoms with E-state index in [0.29, 0.717) is 11.7 Å². The van der Waals surface area contributed by atoms with Gasteiger partial charge in [0.1, 0.15) is 5.75 Å². The Balaban J connectivity index is 1.91. The fourth-order valence-corrected chi connectivity index (χ4v) is 2.71. The van der Waals surface area contributed by atoms with Crippen molar-refractivity contribution in [1.29, 1.82) is 0 Å². The largest absolute Gasteiger partial charge is 0.508 e. The first-order valence-corrected chi connectivity index (χ1v) is 6.13. The Morgan fingerprint density at radius 3 is 2.76 bits per heavy atom. The van der Waals surface area contributed by atoms with Gasteiger partial charge < -0.3 is 15.2 Å². The molecule has 1 aromatic rings. The molecule has 1 fully saturated rings. The molecule has 1 saturated heterocycles. The molecule has 1 aliphatic rings. The second-order valence-electron chi connectivity index (χ2n) is 5.32. The Labute approximate surface area is 103 Å². The molecular weight excluding hydrogens is 214 g/mol. The Morgan fingerprint density at radius 2 is 2.12 bits per heavy atom. The predicted octanol–water partition coefficient (Wildman–Crippen LogP) is 1.95. The fraction of sp³-hybridized carbons (Fsp3) is 0.571. The number of phenolic OH excluding ortho intramolecular Hbond substituents is 1. The molecule has 17 heavy (non-hydrogen) atoms. The van der Waals surface area contributed by atoms with Crippen LogP contribution in [0.2, 0.25) is 0 Å². The van der Waals surface area contributed by atoms with E-state index in [-0.39, 0.29) is 5.54 Å². The molecule has 0 bridgehead atoms. The molecule has 94 valence electrons. The summed E-state index contributed by atoms with van der Waals surface area (Å²) >= 11 is 0. The van der Waals surface area contributed by atoms with Crippen LogP contribution in [0.4, 0.5) is 0 Å². The zero-order valence-corrected chi connectivity index (χ0v) is 10.6. The molecule has 2 atom stereocenters. The van der Waals surface area contributed by atoms with Crippen molar-refractivity contribution in [3.05, 3.63) is 29.8 Å². The Morgan fingerprint density at radius 1 is 1.41 bits per heavy atom. The van der Waals surface area contributed by atoms with E-state index in [0.717, 1.165) is 26.0 Å². The summed E-state index contributed by atoms with van der Waals surface area (Å²) in [4.78, 5) is 0. The van der Waals surface area contributed by atoms with Crippen molar-refractivity contribution in [3.63, 3.8) is 0 Å². The van der Waals surface area contributed by atoms with E-state index < -0.39 is 0 Å². The third-order valence-electron chi connectivity index (χ3n) is 3.48. The topological polar surface area (TPSA) is 41.5 Å². The first-order valence-electron chi connectivity index (χ1n) is 6.13. The highest BCUT2D eigenvalue weighted by atomic mass is 16.5. The van der Waals surface area contributed by atoms with Crippen molar-refractivity contribution >= 4 is 0 Å². The Bertz CT molecular complexity index is 363. The van der Waals surface area contributed by atoms with Crippen LogP contribution in [0.15, 0.2) is 24.3 Å². The number of phenols is 1. The number of benzene rings is 1. The average Bonchev–Trinajstić information content (AvgIpc) is 2.64. The molecule has 2 rings (SSSR count). The summed E-state index contributed by atoms with van der Waals surface area (Å²) in [5, 5.41) is 12.8. The second kappa shape index (κ2) is 5.07. The van der Waals surface area contributed by atoms with Crippen molar-refractivity contribution in [2.45, 2.75) is 25.3 Å². The molecule has 1 aromatic carbocycles. The zero-order valence-electron chi connectivity index (χ0n) is 10.6. The van der Waals surface area contributed by atoms with Crippen molar-refractivity contribution in [1.82, 2.24) is 5.32 Å². The maximum Gasteiger partial charge on any atom is 0.115 e. The third kappa shape index (κ3) is 3.20. The quantitative estimate of drug-likeness (QED) is 0.838. The predicted molar refractivity (Wildman–Crippen MR) is 68.2 cm³/mol. The van der Waals surface area contributed by atoms with Crippen LogP contribution in [-0.4, -0.2) is 30.9 Å². The smallest absolute Gasteiger partial charge is 0.115 e. The summed E-state index contributed by atoms with van der Waals surface area (Å²) in [5.74, 6) is 0.988. The highest BCUT2D eigenvalue weighted by molar-refractivity contribution is 5.26. The summed E-state index contributed by atoms with van der Waals surface area (Å²) in [5.41, 5.74) is 1.41. The minimum absolute atomic E-state index is 0.121. The van der Waals surface area contributed by atoms with Crippen LogP contribution < -0.4 is 5.32 Å². The third-order valence-corrected chi connectivity index (χ3v) is 3.48. The van der Waals surface area contributed by atoms with E-state index in [1.54, 1.807) is 19.2 Å². The van der Waals surface area contributed by atoms with E-state index in [2.05, 4.69) is 12.2 Å². The average molecular weight is 235 g/mol. The van der Waals surface area contributed by atoms with E-state index in [1.165, 1.54) is 5.56 Å². The van der Waals surface area contributed by atoms with Crippen LogP contribution in [0.5, 0.6) is 5.75 Å². The minimum Gasteiger partial charge on any atom is -0.508 e. The first kappa shape index (κ1) is 12.4. The Hall–Kier alpha value is -1.06. The van der Waals surface area contributed by atoms with Crippen molar-refractivity contribution < 1.29 is 9.84 Å². The van der Waals surface area contributed by atoms with Crippen LogP contribution in [0, 0.1) is 5.92 Å². The monoisotopic (exact) mass is 235 g/mol. The second-order valence-corrected chi connectivity index (χ2v) is 5.32. The normalized spacial score (nSPS) is 28.5. The van der Waals surface area contributed by atoms with E-state index in [1.807, 2.05) is 12.1 Å². The molecule has 2 unspecified atom stereocenters. The number of hydrogen-bond donors (Lipinski definition) is 2. The highest BCUT2D eigenvalue weighted by Gasteiger charge is 2.34. The van der Waals surface area contributed by atoms with Gasteiger partial charge in [-0.25, -0.2) is 0 Å². The first-order chi connectivity index (χ1) is 8.11. The van der Waals surface area contributed by atoms with Gasteiger partial charge in [-0.3, -0.25) is 0 Å². The maximum atomic E-state index is 9.24. The van der Waals surface area contributed by atoms with Crippen molar-refractivity contribution in [3.8, 4) is 5.75 Å². The lowest BCUT2D eigenvalue weighted by molar-refractivity contribution is 0.128. The molecule has 3 nitrogen and oxygen atoms in total. The lowest BCUT2D eigenvalue weighted by atomic mass is 9.91. The van der Waals surface area contributed by atoms with Gasteiger partial charge in [0.05, 0.1) is 6.61 Å². The number of aromatic hydroxyl groups is 1. The zero-order chi connectivity index (χ0) is 12.3. The summed E-state index contributed by atoms with van der Waals surface area (Å²) in [6.07, 6.45) is 2.20. The van der Waals surface area contributed by atoms with Gasteiger partial charge in [-0.1, -0.05) is 12.1 Å².